The van der Waals surface area contributed by atoms with Gasteiger partial charge in [0.05, 0.1) is 0 Å². The molecule has 126 valence electrons. The second-order valence-electron chi connectivity index (χ2n) is 7.67. The van der Waals surface area contributed by atoms with Crippen LogP contribution in [0.5, 0.6) is 0 Å². The molecule has 3 fully saturated rings. The van der Waals surface area contributed by atoms with Crippen LogP contribution in [0.3, 0.4) is 0 Å². The molecule has 0 heterocycles. The van der Waals surface area contributed by atoms with E-state index < -0.39 is 0 Å². The van der Waals surface area contributed by atoms with Gasteiger partial charge in [0.1, 0.15) is 6.10 Å². The summed E-state index contributed by atoms with van der Waals surface area (Å²) < 4.78 is 6.17. The number of rotatable bonds is 3. The summed E-state index contributed by atoms with van der Waals surface area (Å²) in [6, 6.07) is 1.67. The number of amidine groups is 1. The van der Waals surface area contributed by atoms with Gasteiger partial charge in [0.25, 0.3) is 6.02 Å². The molecule has 22 heavy (non-hydrogen) atoms. The lowest BCUT2D eigenvalue weighted by molar-refractivity contribution is 0.0672. The van der Waals surface area contributed by atoms with E-state index in [2.05, 4.69) is 4.90 Å². The van der Waals surface area contributed by atoms with Crippen molar-refractivity contribution in [3.8, 4) is 0 Å². The number of nitrogens with zero attached hydrogens (tertiary/aromatic N) is 1. The molecule has 0 aliphatic heterocycles. The zero-order chi connectivity index (χ0) is 15.2. The van der Waals surface area contributed by atoms with E-state index >= 15 is 0 Å². The number of hydrogen-bond acceptors (Lipinski definition) is 2. The molecule has 1 N–H and O–H groups in total. The van der Waals surface area contributed by atoms with Crippen molar-refractivity contribution in [2.24, 2.45) is 0 Å². The van der Waals surface area contributed by atoms with Gasteiger partial charge < -0.3 is 9.64 Å². The van der Waals surface area contributed by atoms with Crippen LogP contribution in [0.25, 0.3) is 0 Å². The van der Waals surface area contributed by atoms with Crippen molar-refractivity contribution in [3.05, 3.63) is 0 Å². The molecule has 0 amide bonds. The van der Waals surface area contributed by atoms with Crippen molar-refractivity contribution in [1.82, 2.24) is 4.90 Å². The minimum absolute atomic E-state index is 0.316. The van der Waals surface area contributed by atoms with E-state index in [1.165, 1.54) is 83.5 Å². The van der Waals surface area contributed by atoms with Crippen molar-refractivity contribution in [1.29, 1.82) is 5.41 Å². The summed E-state index contributed by atoms with van der Waals surface area (Å²) in [4.78, 5) is 2.42. The molecule has 0 atom stereocenters. The Kier molecular flexibility index (Phi) is 6.03. The monoisotopic (exact) mass is 306 g/mol. The van der Waals surface area contributed by atoms with Gasteiger partial charge in [-0.25, -0.2) is 0 Å². The molecule has 0 aromatic rings. The second kappa shape index (κ2) is 8.21. The van der Waals surface area contributed by atoms with E-state index in [-0.39, 0.29) is 0 Å². The SMILES string of the molecule is N=C(OC1CCCCC1)N(C1CCCCC1)C1CCCCC1. The molecule has 0 bridgehead atoms. The summed E-state index contributed by atoms with van der Waals surface area (Å²) in [5.41, 5.74) is 0. The van der Waals surface area contributed by atoms with Crippen molar-refractivity contribution in [2.45, 2.75) is 114 Å². The molecule has 0 spiro atoms. The first-order valence-corrected chi connectivity index (χ1v) is 9.88. The van der Waals surface area contributed by atoms with Gasteiger partial charge in [-0.05, 0) is 51.4 Å². The fourth-order valence-corrected chi connectivity index (χ4v) is 4.75. The van der Waals surface area contributed by atoms with E-state index in [4.69, 9.17) is 10.1 Å². The number of nitrogens with one attached hydrogen (secondary N) is 1. The smallest absolute Gasteiger partial charge is 0.285 e. The van der Waals surface area contributed by atoms with E-state index in [1.54, 1.807) is 0 Å². The van der Waals surface area contributed by atoms with Gasteiger partial charge in [-0.15, -0.1) is 0 Å². The Bertz CT molecular complexity index is 321. The Labute approximate surface area is 136 Å². The van der Waals surface area contributed by atoms with E-state index in [0.29, 0.717) is 24.2 Å². The lowest BCUT2D eigenvalue weighted by atomic mass is 9.89. The normalized spacial score (nSPS) is 25.8. The third kappa shape index (κ3) is 4.17. The molecule has 0 aromatic carbocycles. The first-order chi connectivity index (χ1) is 10.8. The predicted molar refractivity (Wildman–Crippen MR) is 91.3 cm³/mol. The lowest BCUT2D eigenvalue weighted by Gasteiger charge is -2.43. The van der Waals surface area contributed by atoms with Gasteiger partial charge in [-0.1, -0.05) is 44.9 Å². The Morgan fingerprint density at radius 1 is 0.636 bits per heavy atom. The molecule has 3 saturated carbocycles. The van der Waals surface area contributed by atoms with Crippen LogP contribution in [0.2, 0.25) is 0 Å². The Morgan fingerprint density at radius 2 is 1.05 bits per heavy atom. The molecule has 0 saturated heterocycles. The van der Waals surface area contributed by atoms with Crippen molar-refractivity contribution >= 4 is 6.02 Å². The van der Waals surface area contributed by atoms with Gasteiger partial charge in [0.15, 0.2) is 0 Å². The summed E-state index contributed by atoms with van der Waals surface area (Å²) in [7, 11) is 0. The summed E-state index contributed by atoms with van der Waals surface area (Å²) in [6.45, 7) is 0. The molecular weight excluding hydrogens is 272 g/mol. The molecule has 3 heteroatoms. The van der Waals surface area contributed by atoms with E-state index in [9.17, 15) is 0 Å². The zero-order valence-corrected chi connectivity index (χ0v) is 14.2. The van der Waals surface area contributed by atoms with Crippen LogP contribution >= 0.6 is 0 Å². The Morgan fingerprint density at radius 3 is 1.50 bits per heavy atom. The third-order valence-corrected chi connectivity index (χ3v) is 6.00. The minimum Gasteiger partial charge on any atom is -0.462 e. The maximum Gasteiger partial charge on any atom is 0.285 e. The Balaban J connectivity index is 1.64. The standard InChI is InChI=1S/C19H34N2O/c20-19(22-18-14-8-3-9-15-18)21(16-10-4-1-5-11-16)17-12-6-2-7-13-17/h16-18,20H,1-15H2. The molecule has 3 rings (SSSR count). The maximum atomic E-state index is 8.66. The highest BCUT2D eigenvalue weighted by atomic mass is 16.5. The molecule has 0 unspecified atom stereocenters. The molecule has 3 aliphatic rings. The average molecular weight is 306 g/mol. The van der Waals surface area contributed by atoms with Gasteiger partial charge >= 0.3 is 0 Å². The second-order valence-corrected chi connectivity index (χ2v) is 7.67. The fraction of sp³-hybridized carbons (Fsp3) is 0.947. The first-order valence-electron chi connectivity index (χ1n) is 9.88. The zero-order valence-electron chi connectivity index (χ0n) is 14.2. The highest BCUT2D eigenvalue weighted by molar-refractivity contribution is 5.71. The fourth-order valence-electron chi connectivity index (χ4n) is 4.75. The molecule has 0 radical (unpaired) electrons. The molecule has 3 nitrogen and oxygen atoms in total. The summed E-state index contributed by atoms with van der Waals surface area (Å²) >= 11 is 0. The predicted octanol–water partition coefficient (Wildman–Crippen LogP) is 5.24. The van der Waals surface area contributed by atoms with Gasteiger partial charge in [0.2, 0.25) is 0 Å². The van der Waals surface area contributed by atoms with Crippen molar-refractivity contribution < 1.29 is 4.74 Å². The number of ether oxygens (including phenoxy) is 1. The summed E-state index contributed by atoms with van der Waals surface area (Å²) in [5.74, 6) is 0. The van der Waals surface area contributed by atoms with Crippen molar-refractivity contribution in [3.63, 3.8) is 0 Å². The van der Waals surface area contributed by atoms with Crippen LogP contribution in [0, 0.1) is 5.41 Å². The van der Waals surface area contributed by atoms with Crippen LogP contribution in [-0.4, -0.2) is 29.1 Å². The Hall–Kier alpha value is -0.730. The highest BCUT2D eigenvalue weighted by Crippen LogP contribution is 2.31. The van der Waals surface area contributed by atoms with E-state index in [1.807, 2.05) is 0 Å². The van der Waals surface area contributed by atoms with Crippen LogP contribution in [0.1, 0.15) is 96.3 Å². The van der Waals surface area contributed by atoms with E-state index in [0.717, 1.165) is 12.8 Å². The van der Waals surface area contributed by atoms with Crippen LogP contribution in [0.4, 0.5) is 0 Å². The highest BCUT2D eigenvalue weighted by Gasteiger charge is 2.32. The van der Waals surface area contributed by atoms with Gasteiger partial charge in [-0.3, -0.25) is 5.41 Å². The molecule has 3 aliphatic carbocycles. The van der Waals surface area contributed by atoms with Crippen LogP contribution < -0.4 is 0 Å². The summed E-state index contributed by atoms with van der Waals surface area (Å²) in [5, 5.41) is 8.66. The number of hydrogen-bond donors (Lipinski definition) is 1. The quantitative estimate of drug-likeness (QED) is 0.572. The molecular formula is C19H34N2O. The van der Waals surface area contributed by atoms with Crippen LogP contribution in [-0.2, 0) is 4.74 Å². The van der Waals surface area contributed by atoms with Gasteiger partial charge in [-0.2, -0.15) is 0 Å². The maximum absolute atomic E-state index is 8.66. The molecule has 0 aromatic heterocycles. The third-order valence-electron chi connectivity index (χ3n) is 6.00. The topological polar surface area (TPSA) is 36.3 Å². The average Bonchev–Trinajstić information content (AvgIpc) is 2.58. The largest absolute Gasteiger partial charge is 0.462 e. The van der Waals surface area contributed by atoms with Gasteiger partial charge in [0, 0.05) is 12.1 Å². The summed E-state index contributed by atoms with van der Waals surface area (Å²) in [6.07, 6.45) is 19.7. The van der Waals surface area contributed by atoms with Crippen molar-refractivity contribution in [2.75, 3.05) is 0 Å². The first kappa shape index (κ1) is 16.1. The van der Waals surface area contributed by atoms with Crippen LogP contribution in [0.15, 0.2) is 0 Å². The lowest BCUT2D eigenvalue weighted by Crippen LogP contribution is -2.50. The minimum atomic E-state index is 0.316.